The third-order valence-electron chi connectivity index (χ3n) is 2.92. The summed E-state index contributed by atoms with van der Waals surface area (Å²) in [6.45, 7) is 1.15. The first kappa shape index (κ1) is 8.68. The Bertz CT molecular complexity index is 426. The Morgan fingerprint density at radius 1 is 1.27 bits per heavy atom. The van der Waals surface area contributed by atoms with Gasteiger partial charge in [0.15, 0.2) is 0 Å². The predicted octanol–water partition coefficient (Wildman–Crippen LogP) is 1.91. The molecule has 0 bridgehead atoms. The third kappa shape index (κ3) is 1.55. The quantitative estimate of drug-likeness (QED) is 0.800. The molecule has 0 saturated carbocycles. The molecule has 1 saturated heterocycles. The molecular formula is C12H13N3. The zero-order chi connectivity index (χ0) is 10.1. The van der Waals surface area contributed by atoms with Crippen molar-refractivity contribution in [3.05, 3.63) is 48.5 Å². The van der Waals surface area contributed by atoms with Crippen LogP contribution in [0.15, 0.2) is 43.0 Å². The highest BCUT2D eigenvalue weighted by atomic mass is 15.0. The van der Waals surface area contributed by atoms with Crippen molar-refractivity contribution in [3.63, 3.8) is 0 Å². The van der Waals surface area contributed by atoms with Crippen molar-refractivity contribution in [3.8, 4) is 5.69 Å². The van der Waals surface area contributed by atoms with Crippen LogP contribution in [0.25, 0.3) is 5.69 Å². The summed E-state index contributed by atoms with van der Waals surface area (Å²) in [5, 5.41) is 3.40. The summed E-state index contributed by atoms with van der Waals surface area (Å²) >= 11 is 0. The van der Waals surface area contributed by atoms with Crippen LogP contribution in [0.3, 0.4) is 0 Å². The van der Waals surface area contributed by atoms with E-state index >= 15 is 0 Å². The summed E-state index contributed by atoms with van der Waals surface area (Å²) in [5.74, 6) is 0. The van der Waals surface area contributed by atoms with E-state index in [2.05, 4.69) is 34.6 Å². The highest BCUT2D eigenvalue weighted by Gasteiger charge is 2.17. The summed E-state index contributed by atoms with van der Waals surface area (Å²) < 4.78 is 2.01. The van der Waals surface area contributed by atoms with Crippen LogP contribution in [0.4, 0.5) is 0 Å². The van der Waals surface area contributed by atoms with Gasteiger partial charge in [0.05, 0.1) is 6.33 Å². The molecule has 1 aromatic heterocycles. The highest BCUT2D eigenvalue weighted by molar-refractivity contribution is 5.36. The summed E-state index contributed by atoms with van der Waals surface area (Å²) in [5.41, 5.74) is 2.54. The lowest BCUT2D eigenvalue weighted by atomic mass is 9.98. The van der Waals surface area contributed by atoms with E-state index in [4.69, 9.17) is 0 Å². The molecule has 0 unspecified atom stereocenters. The van der Waals surface area contributed by atoms with E-state index in [0.717, 1.165) is 12.2 Å². The molecule has 1 aliphatic rings. The average Bonchev–Trinajstić information content (AvgIpc) is 2.69. The van der Waals surface area contributed by atoms with Crippen molar-refractivity contribution in [2.75, 3.05) is 6.54 Å². The van der Waals surface area contributed by atoms with E-state index < -0.39 is 0 Å². The van der Waals surface area contributed by atoms with Crippen LogP contribution in [0, 0.1) is 0 Å². The topological polar surface area (TPSA) is 29.9 Å². The molecule has 0 spiro atoms. The highest BCUT2D eigenvalue weighted by Crippen LogP contribution is 2.23. The summed E-state index contributed by atoms with van der Waals surface area (Å²) in [6.07, 6.45) is 6.82. The maximum atomic E-state index is 4.03. The van der Waals surface area contributed by atoms with Gasteiger partial charge in [-0.15, -0.1) is 0 Å². The molecule has 3 heteroatoms. The van der Waals surface area contributed by atoms with Crippen LogP contribution in [0.1, 0.15) is 18.0 Å². The Hall–Kier alpha value is -1.61. The number of nitrogens with zero attached hydrogens (tertiary/aromatic N) is 2. The molecule has 3 rings (SSSR count). The van der Waals surface area contributed by atoms with Crippen LogP contribution in [-0.4, -0.2) is 16.1 Å². The lowest BCUT2D eigenvalue weighted by Gasteiger charge is -2.28. The van der Waals surface area contributed by atoms with Crippen molar-refractivity contribution >= 4 is 0 Å². The number of hydrogen-bond acceptors (Lipinski definition) is 2. The van der Waals surface area contributed by atoms with Crippen LogP contribution in [-0.2, 0) is 0 Å². The number of rotatable bonds is 2. The summed E-state index contributed by atoms with van der Waals surface area (Å²) in [7, 11) is 0. The fraction of sp³-hybridized carbons (Fsp3) is 0.250. The molecule has 1 aromatic carbocycles. The van der Waals surface area contributed by atoms with Crippen LogP contribution in [0.2, 0.25) is 0 Å². The zero-order valence-corrected chi connectivity index (χ0v) is 8.43. The fourth-order valence-corrected chi connectivity index (χ4v) is 1.86. The Kier molecular flexibility index (Phi) is 2.03. The van der Waals surface area contributed by atoms with E-state index in [-0.39, 0.29) is 0 Å². The SMILES string of the molecule is c1cn(-c2ccc([C@@H]3CCN3)cc2)cn1. The Morgan fingerprint density at radius 2 is 2.07 bits per heavy atom. The van der Waals surface area contributed by atoms with Crippen molar-refractivity contribution < 1.29 is 0 Å². The van der Waals surface area contributed by atoms with Crippen molar-refractivity contribution in [1.29, 1.82) is 0 Å². The Balaban J connectivity index is 1.87. The minimum absolute atomic E-state index is 0.571. The van der Waals surface area contributed by atoms with Crippen molar-refractivity contribution in [2.24, 2.45) is 0 Å². The predicted molar refractivity (Wildman–Crippen MR) is 58.9 cm³/mol. The second-order valence-electron chi connectivity index (χ2n) is 3.86. The molecule has 3 nitrogen and oxygen atoms in total. The molecule has 0 aliphatic carbocycles. The third-order valence-corrected chi connectivity index (χ3v) is 2.92. The smallest absolute Gasteiger partial charge is 0.0991 e. The summed E-state index contributed by atoms with van der Waals surface area (Å²) in [4.78, 5) is 4.03. The van der Waals surface area contributed by atoms with Gasteiger partial charge in [0.1, 0.15) is 0 Å². The molecule has 2 aromatic rings. The first-order valence-corrected chi connectivity index (χ1v) is 5.25. The number of benzene rings is 1. The molecule has 15 heavy (non-hydrogen) atoms. The monoisotopic (exact) mass is 199 g/mol. The van der Waals surface area contributed by atoms with Gasteiger partial charge in [-0.3, -0.25) is 0 Å². The lowest BCUT2D eigenvalue weighted by Crippen LogP contribution is -2.34. The number of nitrogens with one attached hydrogen (secondary N) is 1. The van der Waals surface area contributed by atoms with Crippen LogP contribution < -0.4 is 5.32 Å². The van der Waals surface area contributed by atoms with Gasteiger partial charge in [-0.25, -0.2) is 4.98 Å². The fourth-order valence-electron chi connectivity index (χ4n) is 1.86. The number of imidazole rings is 1. The van der Waals surface area contributed by atoms with E-state index in [1.165, 1.54) is 12.0 Å². The first-order valence-electron chi connectivity index (χ1n) is 5.25. The average molecular weight is 199 g/mol. The van der Waals surface area contributed by atoms with Gasteiger partial charge < -0.3 is 9.88 Å². The Morgan fingerprint density at radius 3 is 2.60 bits per heavy atom. The van der Waals surface area contributed by atoms with Crippen molar-refractivity contribution in [2.45, 2.75) is 12.5 Å². The molecule has 0 radical (unpaired) electrons. The first-order chi connectivity index (χ1) is 7.43. The van der Waals surface area contributed by atoms with Gasteiger partial charge in [-0.1, -0.05) is 12.1 Å². The number of hydrogen-bond donors (Lipinski definition) is 1. The molecule has 1 atom stereocenters. The Labute approximate surface area is 88.8 Å². The number of aromatic nitrogens is 2. The van der Waals surface area contributed by atoms with E-state index in [9.17, 15) is 0 Å². The molecular weight excluding hydrogens is 186 g/mol. The van der Waals surface area contributed by atoms with Crippen molar-refractivity contribution in [1.82, 2.24) is 14.9 Å². The maximum Gasteiger partial charge on any atom is 0.0991 e. The van der Waals surface area contributed by atoms with Gasteiger partial charge in [-0.05, 0) is 30.7 Å². The molecule has 2 heterocycles. The molecule has 0 amide bonds. The molecule has 1 N–H and O–H groups in total. The molecule has 1 aliphatic heterocycles. The van der Waals surface area contributed by atoms with Gasteiger partial charge in [0.2, 0.25) is 0 Å². The lowest BCUT2D eigenvalue weighted by molar-refractivity contribution is 0.383. The van der Waals surface area contributed by atoms with E-state index in [0.29, 0.717) is 6.04 Å². The minimum Gasteiger partial charge on any atom is -0.310 e. The van der Waals surface area contributed by atoms with Gasteiger partial charge in [0.25, 0.3) is 0 Å². The maximum absolute atomic E-state index is 4.03. The summed E-state index contributed by atoms with van der Waals surface area (Å²) in [6, 6.07) is 9.22. The van der Waals surface area contributed by atoms with Crippen LogP contribution >= 0.6 is 0 Å². The van der Waals surface area contributed by atoms with Gasteiger partial charge >= 0.3 is 0 Å². The zero-order valence-electron chi connectivity index (χ0n) is 8.43. The van der Waals surface area contributed by atoms with Gasteiger partial charge in [-0.2, -0.15) is 0 Å². The second kappa shape index (κ2) is 3.51. The largest absolute Gasteiger partial charge is 0.310 e. The second-order valence-corrected chi connectivity index (χ2v) is 3.86. The molecule has 76 valence electrons. The van der Waals surface area contributed by atoms with E-state index in [1.54, 1.807) is 6.20 Å². The normalized spacial score (nSPS) is 19.9. The standard InChI is InChI=1S/C12H13N3/c1-3-11(15-8-7-13-9-15)4-2-10(1)12-5-6-14-12/h1-4,7-9,12,14H,5-6H2/t12-/m0/s1. The minimum atomic E-state index is 0.571. The van der Waals surface area contributed by atoms with Gasteiger partial charge in [0, 0.05) is 24.1 Å². The van der Waals surface area contributed by atoms with E-state index in [1.807, 2.05) is 17.1 Å². The molecule has 1 fully saturated rings. The van der Waals surface area contributed by atoms with Crippen LogP contribution in [0.5, 0.6) is 0 Å².